The van der Waals surface area contributed by atoms with Crippen LogP contribution in [0.3, 0.4) is 0 Å². The number of rotatable bonds is 13. The number of ether oxygens (including phenoxy) is 1. The fourth-order valence-electron chi connectivity index (χ4n) is 3.75. The molecule has 3 aromatic carbocycles. The zero-order chi connectivity index (χ0) is 23.5. The van der Waals surface area contributed by atoms with Crippen molar-refractivity contribution in [1.29, 1.82) is 0 Å². The fourth-order valence-corrected chi connectivity index (χ4v) is 5.93. The lowest BCUT2D eigenvalue weighted by Crippen LogP contribution is -2.13. The topological polar surface area (TPSA) is 44.8 Å². The first-order valence-electron chi connectivity index (χ1n) is 11.5. The standard InChI is InChI=1S/C28H33O4P/c1-4-5-6-9-15-23(2)28(24-16-14-21-27(22-24)30-3)33(29,31-25-17-10-7-11-18-25)32-26-19-12-8-13-20-26/h7-8,10-14,16-22,28H,2,4-6,9,15H2,1,3H3. The van der Waals surface area contributed by atoms with E-state index in [1.54, 1.807) is 31.4 Å². The van der Waals surface area contributed by atoms with Crippen molar-refractivity contribution in [3.05, 3.63) is 103 Å². The van der Waals surface area contributed by atoms with Gasteiger partial charge in [0.15, 0.2) is 0 Å². The van der Waals surface area contributed by atoms with Crippen LogP contribution in [0.4, 0.5) is 0 Å². The molecule has 0 amide bonds. The molecule has 3 rings (SSSR count). The second-order valence-electron chi connectivity index (χ2n) is 8.00. The Bertz CT molecular complexity index is 1000. The highest BCUT2D eigenvalue weighted by Crippen LogP contribution is 2.63. The summed E-state index contributed by atoms with van der Waals surface area (Å²) in [5.41, 5.74) is 0.981. The molecule has 1 unspecified atom stereocenters. The summed E-state index contributed by atoms with van der Waals surface area (Å²) in [6.45, 7) is 6.54. The number of unbranched alkanes of at least 4 members (excludes halogenated alkanes) is 3. The second kappa shape index (κ2) is 12.3. The van der Waals surface area contributed by atoms with E-state index < -0.39 is 13.3 Å². The van der Waals surface area contributed by atoms with Gasteiger partial charge in [-0.05, 0) is 54.8 Å². The number of hydrogen-bond acceptors (Lipinski definition) is 4. The predicted molar refractivity (Wildman–Crippen MR) is 135 cm³/mol. The zero-order valence-electron chi connectivity index (χ0n) is 19.5. The Morgan fingerprint density at radius 2 is 1.39 bits per heavy atom. The Balaban J connectivity index is 2.04. The Labute approximate surface area is 197 Å². The van der Waals surface area contributed by atoms with Gasteiger partial charge in [0.1, 0.15) is 22.9 Å². The van der Waals surface area contributed by atoms with Crippen LogP contribution in [0.15, 0.2) is 97.1 Å². The fraction of sp³-hybridized carbons (Fsp3) is 0.286. The monoisotopic (exact) mass is 464 g/mol. The first-order chi connectivity index (χ1) is 16.1. The minimum absolute atomic E-state index is 0.489. The molecule has 0 aliphatic heterocycles. The van der Waals surface area contributed by atoms with E-state index in [-0.39, 0.29) is 0 Å². The van der Waals surface area contributed by atoms with Crippen LogP contribution < -0.4 is 13.8 Å². The lowest BCUT2D eigenvalue weighted by molar-refractivity contribution is 0.376. The number of methoxy groups -OCH3 is 1. The maximum Gasteiger partial charge on any atom is 0.442 e. The third-order valence-electron chi connectivity index (χ3n) is 5.42. The molecule has 3 aromatic rings. The van der Waals surface area contributed by atoms with Crippen molar-refractivity contribution in [2.75, 3.05) is 7.11 Å². The molecule has 0 fully saturated rings. The Hall–Kier alpha value is -2.97. The SMILES string of the molecule is C=C(CCCCCC)C(c1cccc(OC)c1)P(=O)(Oc1ccccc1)Oc1ccccc1. The van der Waals surface area contributed by atoms with E-state index in [4.69, 9.17) is 13.8 Å². The highest BCUT2D eigenvalue weighted by atomic mass is 31.2. The van der Waals surface area contributed by atoms with Crippen molar-refractivity contribution in [2.24, 2.45) is 0 Å². The van der Waals surface area contributed by atoms with Gasteiger partial charge in [-0.1, -0.05) is 86.9 Å². The van der Waals surface area contributed by atoms with Crippen LogP contribution in [0.25, 0.3) is 0 Å². The molecule has 0 aliphatic rings. The minimum atomic E-state index is -3.79. The van der Waals surface area contributed by atoms with Gasteiger partial charge in [0.2, 0.25) is 0 Å². The molecule has 0 heterocycles. The van der Waals surface area contributed by atoms with Gasteiger partial charge in [-0.25, -0.2) is 4.57 Å². The van der Waals surface area contributed by atoms with E-state index in [0.717, 1.165) is 43.2 Å². The number of hydrogen-bond donors (Lipinski definition) is 0. The Morgan fingerprint density at radius 3 is 1.94 bits per heavy atom. The van der Waals surface area contributed by atoms with Crippen molar-refractivity contribution in [1.82, 2.24) is 0 Å². The smallest absolute Gasteiger partial charge is 0.442 e. The lowest BCUT2D eigenvalue weighted by atomic mass is 10.00. The molecule has 0 aliphatic carbocycles. The predicted octanol–water partition coefficient (Wildman–Crippen LogP) is 8.61. The van der Waals surface area contributed by atoms with E-state index in [9.17, 15) is 4.57 Å². The summed E-state index contributed by atoms with van der Waals surface area (Å²) < 4.78 is 32.4. The quantitative estimate of drug-likeness (QED) is 0.144. The highest BCUT2D eigenvalue weighted by Gasteiger charge is 2.42. The maximum atomic E-state index is 14.6. The van der Waals surface area contributed by atoms with E-state index >= 15 is 0 Å². The minimum Gasteiger partial charge on any atom is -0.497 e. The lowest BCUT2D eigenvalue weighted by Gasteiger charge is -2.29. The van der Waals surface area contributed by atoms with Crippen LogP contribution in [-0.4, -0.2) is 7.11 Å². The van der Waals surface area contributed by atoms with Gasteiger partial charge in [0.05, 0.1) is 7.11 Å². The summed E-state index contributed by atoms with van der Waals surface area (Å²) in [6, 6.07) is 25.9. The van der Waals surface area contributed by atoms with Crippen LogP contribution in [-0.2, 0) is 4.57 Å². The summed E-state index contributed by atoms with van der Waals surface area (Å²) in [4.78, 5) is 0. The Kier molecular flexibility index (Phi) is 9.21. The van der Waals surface area contributed by atoms with E-state index in [0.29, 0.717) is 17.2 Å². The van der Waals surface area contributed by atoms with Crippen molar-refractivity contribution in [2.45, 2.75) is 44.7 Å². The maximum absolute atomic E-state index is 14.6. The molecule has 4 nitrogen and oxygen atoms in total. The third kappa shape index (κ3) is 7.00. The molecule has 5 heteroatoms. The molecule has 33 heavy (non-hydrogen) atoms. The third-order valence-corrected chi connectivity index (χ3v) is 7.64. The molecule has 0 bridgehead atoms. The molecule has 0 radical (unpaired) electrons. The number of benzene rings is 3. The molecule has 1 atom stereocenters. The Morgan fingerprint density at radius 1 is 0.818 bits per heavy atom. The van der Waals surface area contributed by atoms with Crippen LogP contribution in [0.5, 0.6) is 17.2 Å². The van der Waals surface area contributed by atoms with Gasteiger partial charge in [-0.2, -0.15) is 0 Å². The van der Waals surface area contributed by atoms with Crippen molar-refractivity contribution >= 4 is 7.60 Å². The van der Waals surface area contributed by atoms with Gasteiger partial charge in [-0.15, -0.1) is 0 Å². The van der Waals surface area contributed by atoms with Crippen LogP contribution in [0, 0.1) is 0 Å². The van der Waals surface area contributed by atoms with Crippen LogP contribution in [0.1, 0.15) is 50.3 Å². The molecule has 174 valence electrons. The molecular weight excluding hydrogens is 431 g/mol. The van der Waals surface area contributed by atoms with Gasteiger partial charge in [0, 0.05) is 0 Å². The van der Waals surface area contributed by atoms with Gasteiger partial charge < -0.3 is 13.8 Å². The van der Waals surface area contributed by atoms with E-state index in [1.165, 1.54) is 0 Å². The number of allylic oxidation sites excluding steroid dienone is 1. The second-order valence-corrected chi connectivity index (χ2v) is 9.96. The summed E-state index contributed by atoms with van der Waals surface area (Å²) in [5.74, 6) is 1.66. The first-order valence-corrected chi connectivity index (χ1v) is 13.1. The summed E-state index contributed by atoms with van der Waals surface area (Å²) in [7, 11) is -2.17. The number of para-hydroxylation sites is 2. The van der Waals surface area contributed by atoms with Crippen LogP contribution >= 0.6 is 7.60 Å². The van der Waals surface area contributed by atoms with Gasteiger partial charge in [0.25, 0.3) is 0 Å². The molecule has 0 saturated carbocycles. The van der Waals surface area contributed by atoms with Crippen LogP contribution in [0.2, 0.25) is 0 Å². The van der Waals surface area contributed by atoms with Gasteiger partial charge in [-0.3, -0.25) is 0 Å². The van der Waals surface area contributed by atoms with Crippen molar-refractivity contribution < 1.29 is 18.3 Å². The summed E-state index contributed by atoms with van der Waals surface area (Å²) in [6.07, 6.45) is 5.13. The average molecular weight is 465 g/mol. The highest BCUT2D eigenvalue weighted by molar-refractivity contribution is 7.55. The largest absolute Gasteiger partial charge is 0.497 e. The zero-order valence-corrected chi connectivity index (χ0v) is 20.4. The van der Waals surface area contributed by atoms with Crippen molar-refractivity contribution in [3.63, 3.8) is 0 Å². The summed E-state index contributed by atoms with van der Waals surface area (Å²) >= 11 is 0. The van der Waals surface area contributed by atoms with Gasteiger partial charge >= 0.3 is 7.60 Å². The summed E-state index contributed by atoms with van der Waals surface area (Å²) in [5, 5.41) is 0. The first kappa shape index (κ1) is 24.7. The van der Waals surface area contributed by atoms with E-state index in [2.05, 4.69) is 13.5 Å². The molecular formula is C28H33O4P. The normalized spacial score (nSPS) is 12.1. The molecule has 0 saturated heterocycles. The average Bonchev–Trinajstić information content (AvgIpc) is 2.83. The van der Waals surface area contributed by atoms with E-state index in [1.807, 2.05) is 60.7 Å². The molecule has 0 spiro atoms. The van der Waals surface area contributed by atoms with Crippen molar-refractivity contribution in [3.8, 4) is 17.2 Å². The molecule has 0 N–H and O–H groups in total. The molecule has 0 aromatic heterocycles.